The number of benzene rings is 1. The van der Waals surface area contributed by atoms with Crippen LogP contribution < -0.4 is 0 Å². The molecule has 1 N–H and O–H groups in total. The zero-order valence-corrected chi connectivity index (χ0v) is 14.8. The van der Waals surface area contributed by atoms with E-state index in [1.807, 2.05) is 51.2 Å². The van der Waals surface area contributed by atoms with Crippen LogP contribution in [0.5, 0.6) is 0 Å². The summed E-state index contributed by atoms with van der Waals surface area (Å²) in [4.78, 5) is 26.1. The Morgan fingerprint density at radius 3 is 2.44 bits per heavy atom. The van der Waals surface area contributed by atoms with Crippen LogP contribution in [0.15, 0.2) is 30.3 Å². The van der Waals surface area contributed by atoms with Gasteiger partial charge in [-0.25, -0.2) is 0 Å². The average Bonchev–Trinajstić information content (AvgIpc) is 3.13. The fraction of sp³-hybridized carbons (Fsp3) is 0.421. The van der Waals surface area contributed by atoms with E-state index in [0.717, 1.165) is 22.5 Å². The van der Waals surface area contributed by atoms with E-state index in [1.165, 1.54) is 0 Å². The molecule has 132 valence electrons. The minimum atomic E-state index is -0.849. The van der Waals surface area contributed by atoms with Crippen molar-refractivity contribution < 1.29 is 14.7 Å². The van der Waals surface area contributed by atoms with Crippen LogP contribution in [0.25, 0.3) is 0 Å². The first kappa shape index (κ1) is 17.2. The third-order valence-electron chi connectivity index (χ3n) is 5.20. The van der Waals surface area contributed by atoms with Gasteiger partial charge in [-0.05, 0) is 19.4 Å². The molecule has 0 saturated carbocycles. The summed E-state index contributed by atoms with van der Waals surface area (Å²) >= 11 is 0. The quantitative estimate of drug-likeness (QED) is 0.922. The van der Waals surface area contributed by atoms with Crippen LogP contribution in [0, 0.1) is 19.8 Å². The highest BCUT2D eigenvalue weighted by atomic mass is 16.4. The van der Waals surface area contributed by atoms with Crippen molar-refractivity contribution in [3.8, 4) is 0 Å². The van der Waals surface area contributed by atoms with Gasteiger partial charge in [0.25, 0.3) is 0 Å². The average molecular weight is 341 g/mol. The standard InChI is InChI=1S/C19H23N3O3/c1-12-15(13(2)21(3)20-12)9-18(23)22-10-16(17(11-22)19(24)25)14-7-5-4-6-8-14/h4-8,16-17H,9-11H2,1-3H3,(H,24,25). The Bertz CT molecular complexity index is 798. The van der Waals surface area contributed by atoms with Gasteiger partial charge in [0, 0.05) is 37.3 Å². The monoisotopic (exact) mass is 341 g/mol. The molecule has 1 saturated heterocycles. The lowest BCUT2D eigenvalue weighted by Crippen LogP contribution is -2.31. The summed E-state index contributed by atoms with van der Waals surface area (Å²) in [5.74, 6) is -1.62. The molecule has 2 atom stereocenters. The third kappa shape index (κ3) is 3.29. The maximum Gasteiger partial charge on any atom is 0.308 e. The summed E-state index contributed by atoms with van der Waals surface area (Å²) in [5.41, 5.74) is 3.72. The summed E-state index contributed by atoms with van der Waals surface area (Å²) < 4.78 is 1.77. The van der Waals surface area contributed by atoms with Crippen molar-refractivity contribution >= 4 is 11.9 Å². The Morgan fingerprint density at radius 1 is 1.20 bits per heavy atom. The number of hydrogen-bond acceptors (Lipinski definition) is 3. The predicted octanol–water partition coefficient (Wildman–Crippen LogP) is 1.91. The van der Waals surface area contributed by atoms with Crippen LogP contribution in [0.3, 0.4) is 0 Å². The molecule has 3 rings (SSSR count). The summed E-state index contributed by atoms with van der Waals surface area (Å²) in [7, 11) is 1.86. The number of carboxylic acid groups (broad SMARTS) is 1. The number of likely N-dealkylation sites (tertiary alicyclic amines) is 1. The molecule has 2 unspecified atom stereocenters. The second-order valence-electron chi connectivity index (χ2n) is 6.71. The molecular formula is C19H23N3O3. The number of aryl methyl sites for hydroxylation is 2. The molecule has 2 aromatic rings. The third-order valence-corrected chi connectivity index (χ3v) is 5.20. The molecule has 6 nitrogen and oxygen atoms in total. The Hall–Kier alpha value is -2.63. The number of carbonyl (C=O) groups is 2. The number of hydrogen-bond donors (Lipinski definition) is 1. The van der Waals surface area contributed by atoms with Gasteiger partial charge in [-0.15, -0.1) is 0 Å². The Labute approximate surface area is 147 Å². The van der Waals surface area contributed by atoms with Gasteiger partial charge in [-0.3, -0.25) is 14.3 Å². The largest absolute Gasteiger partial charge is 0.481 e. The van der Waals surface area contributed by atoms with Gasteiger partial charge < -0.3 is 10.0 Å². The molecule has 0 spiro atoms. The molecule has 0 radical (unpaired) electrons. The molecule has 1 aliphatic heterocycles. The van der Waals surface area contributed by atoms with Crippen molar-refractivity contribution in [2.45, 2.75) is 26.2 Å². The lowest BCUT2D eigenvalue weighted by molar-refractivity contribution is -0.141. The maximum atomic E-state index is 12.8. The first-order valence-electron chi connectivity index (χ1n) is 8.43. The van der Waals surface area contributed by atoms with Crippen molar-refractivity contribution in [1.29, 1.82) is 0 Å². The maximum absolute atomic E-state index is 12.8. The SMILES string of the molecule is Cc1nn(C)c(C)c1CC(=O)N1CC(C(=O)O)C(c2ccccc2)C1. The van der Waals surface area contributed by atoms with Gasteiger partial charge in [0.15, 0.2) is 0 Å². The van der Waals surface area contributed by atoms with Crippen LogP contribution in [0.2, 0.25) is 0 Å². The van der Waals surface area contributed by atoms with E-state index in [-0.39, 0.29) is 24.8 Å². The van der Waals surface area contributed by atoms with E-state index in [4.69, 9.17) is 0 Å². The minimum Gasteiger partial charge on any atom is -0.481 e. The second kappa shape index (κ2) is 6.70. The topological polar surface area (TPSA) is 75.4 Å². The molecule has 6 heteroatoms. The minimum absolute atomic E-state index is 0.0381. The molecule has 1 aromatic heterocycles. The van der Waals surface area contributed by atoms with Crippen molar-refractivity contribution in [3.05, 3.63) is 52.8 Å². The second-order valence-corrected chi connectivity index (χ2v) is 6.71. The van der Waals surface area contributed by atoms with Crippen LogP contribution in [0.4, 0.5) is 0 Å². The Morgan fingerprint density at radius 2 is 1.88 bits per heavy atom. The van der Waals surface area contributed by atoms with Crippen molar-refractivity contribution in [2.75, 3.05) is 13.1 Å². The molecular weight excluding hydrogens is 318 g/mol. The molecule has 1 aliphatic rings. The highest BCUT2D eigenvalue weighted by Gasteiger charge is 2.40. The first-order valence-corrected chi connectivity index (χ1v) is 8.43. The van der Waals surface area contributed by atoms with Gasteiger partial charge in [0.05, 0.1) is 18.0 Å². The molecule has 1 fully saturated rings. The van der Waals surface area contributed by atoms with Crippen LogP contribution in [-0.4, -0.2) is 44.8 Å². The zero-order chi connectivity index (χ0) is 18.1. The highest BCUT2D eigenvalue weighted by molar-refractivity contribution is 5.81. The fourth-order valence-corrected chi connectivity index (χ4v) is 3.63. The number of nitrogens with zero attached hydrogens (tertiary/aromatic N) is 3. The van der Waals surface area contributed by atoms with Gasteiger partial charge in [-0.2, -0.15) is 5.10 Å². The van der Waals surface area contributed by atoms with E-state index in [1.54, 1.807) is 9.58 Å². The van der Waals surface area contributed by atoms with E-state index < -0.39 is 11.9 Å². The Kier molecular flexibility index (Phi) is 4.61. The van der Waals surface area contributed by atoms with Crippen molar-refractivity contribution in [3.63, 3.8) is 0 Å². The summed E-state index contributed by atoms with van der Waals surface area (Å²) in [5, 5.41) is 13.9. The van der Waals surface area contributed by atoms with Gasteiger partial charge in [0.2, 0.25) is 5.91 Å². The fourth-order valence-electron chi connectivity index (χ4n) is 3.63. The number of amides is 1. The normalized spacial score (nSPS) is 20.0. The van der Waals surface area contributed by atoms with E-state index in [0.29, 0.717) is 6.54 Å². The summed E-state index contributed by atoms with van der Waals surface area (Å²) in [6.45, 7) is 4.54. The first-order chi connectivity index (χ1) is 11.9. The lowest BCUT2D eigenvalue weighted by atomic mass is 9.89. The van der Waals surface area contributed by atoms with Gasteiger partial charge in [-0.1, -0.05) is 30.3 Å². The molecule has 1 amide bonds. The predicted molar refractivity (Wildman–Crippen MR) is 93.3 cm³/mol. The summed E-state index contributed by atoms with van der Waals surface area (Å²) in [6, 6.07) is 9.58. The van der Waals surface area contributed by atoms with Crippen molar-refractivity contribution in [2.24, 2.45) is 13.0 Å². The van der Waals surface area contributed by atoms with Crippen LogP contribution in [0.1, 0.15) is 28.4 Å². The smallest absolute Gasteiger partial charge is 0.308 e. The number of rotatable bonds is 4. The number of aliphatic carboxylic acids is 1. The molecule has 0 bridgehead atoms. The summed E-state index contributed by atoms with van der Waals surface area (Å²) in [6.07, 6.45) is 0.263. The number of aromatic nitrogens is 2. The Balaban J connectivity index is 1.79. The van der Waals surface area contributed by atoms with Crippen LogP contribution in [-0.2, 0) is 23.1 Å². The zero-order valence-electron chi connectivity index (χ0n) is 14.8. The highest BCUT2D eigenvalue weighted by Crippen LogP contribution is 2.33. The van der Waals surface area contributed by atoms with E-state index in [2.05, 4.69) is 5.10 Å². The van der Waals surface area contributed by atoms with E-state index >= 15 is 0 Å². The van der Waals surface area contributed by atoms with Crippen molar-refractivity contribution in [1.82, 2.24) is 14.7 Å². The van der Waals surface area contributed by atoms with Gasteiger partial charge >= 0.3 is 5.97 Å². The lowest BCUT2D eigenvalue weighted by Gasteiger charge is -2.17. The number of carbonyl (C=O) groups excluding carboxylic acids is 1. The molecule has 0 aliphatic carbocycles. The number of carboxylic acids is 1. The molecule has 2 heterocycles. The molecule has 25 heavy (non-hydrogen) atoms. The van der Waals surface area contributed by atoms with E-state index in [9.17, 15) is 14.7 Å². The van der Waals surface area contributed by atoms with Gasteiger partial charge in [0.1, 0.15) is 0 Å². The molecule has 1 aromatic carbocycles. The van der Waals surface area contributed by atoms with Crippen LogP contribution >= 0.6 is 0 Å².